The highest BCUT2D eigenvalue weighted by atomic mass is 79.9. The van der Waals surface area contributed by atoms with E-state index in [0.29, 0.717) is 16.6 Å². The van der Waals surface area contributed by atoms with Crippen LogP contribution < -0.4 is 10.6 Å². The Kier molecular flexibility index (Phi) is 4.34. The molecule has 0 saturated carbocycles. The Labute approximate surface area is 125 Å². The normalized spacial score (nSPS) is 10.3. The summed E-state index contributed by atoms with van der Waals surface area (Å²) in [5, 5.41) is 7.42. The van der Waals surface area contributed by atoms with Crippen molar-refractivity contribution in [1.82, 2.24) is 4.98 Å². The lowest BCUT2D eigenvalue weighted by molar-refractivity contribution is 0.613. The first-order valence-electron chi connectivity index (χ1n) is 5.93. The number of nitrogens with zero attached hydrogens (tertiary/aromatic N) is 2. The number of hydrogen-bond acceptors (Lipinski definition) is 3. The Hall–Kier alpha value is -1.95. The van der Waals surface area contributed by atoms with Gasteiger partial charge >= 0.3 is 0 Å². The van der Waals surface area contributed by atoms with Gasteiger partial charge in [0.15, 0.2) is 11.6 Å². The second-order valence-corrected chi connectivity index (χ2v) is 5.34. The van der Waals surface area contributed by atoms with E-state index >= 15 is 0 Å². The smallest absolute Gasteiger partial charge is 0.166 e. The molecule has 0 aliphatic rings. The van der Waals surface area contributed by atoms with Crippen molar-refractivity contribution in [2.75, 3.05) is 11.9 Å². The van der Waals surface area contributed by atoms with Crippen LogP contribution in [0.15, 0.2) is 41.0 Å². The molecule has 1 aromatic carbocycles. The van der Waals surface area contributed by atoms with E-state index in [1.54, 1.807) is 24.2 Å². The second kappa shape index (κ2) is 6.00. The molecule has 4 nitrogen and oxygen atoms in total. The molecular formula is C14H14BrFN4. The highest BCUT2D eigenvalue weighted by Crippen LogP contribution is 2.20. The Bertz CT molecular complexity index is 645. The van der Waals surface area contributed by atoms with Gasteiger partial charge in [0.1, 0.15) is 5.84 Å². The third-order valence-electron chi connectivity index (χ3n) is 2.81. The van der Waals surface area contributed by atoms with Gasteiger partial charge in [0.05, 0.1) is 0 Å². The molecule has 2 aromatic rings. The predicted molar refractivity (Wildman–Crippen MR) is 81.5 cm³/mol. The van der Waals surface area contributed by atoms with Crippen LogP contribution in [0.3, 0.4) is 0 Å². The Morgan fingerprint density at radius 1 is 1.45 bits per heavy atom. The molecule has 0 amide bonds. The van der Waals surface area contributed by atoms with Crippen LogP contribution in [-0.4, -0.2) is 17.9 Å². The first kappa shape index (κ1) is 14.5. The number of anilines is 1. The SMILES string of the molecule is CN(Cc1cccc(C(=N)N)c1)c1ncc(Br)cc1F. The minimum absolute atomic E-state index is 0.0162. The fourth-order valence-corrected chi connectivity index (χ4v) is 2.18. The topological polar surface area (TPSA) is 66.0 Å². The van der Waals surface area contributed by atoms with E-state index in [9.17, 15) is 4.39 Å². The number of nitrogens with two attached hydrogens (primary N) is 1. The fraction of sp³-hybridized carbons (Fsp3) is 0.143. The van der Waals surface area contributed by atoms with Crippen molar-refractivity contribution in [3.05, 3.63) is 57.9 Å². The summed E-state index contributed by atoms with van der Waals surface area (Å²) >= 11 is 3.18. The van der Waals surface area contributed by atoms with Crippen LogP contribution in [0.4, 0.5) is 10.2 Å². The lowest BCUT2D eigenvalue weighted by Gasteiger charge is -2.19. The molecule has 0 radical (unpaired) electrons. The minimum Gasteiger partial charge on any atom is -0.384 e. The van der Waals surface area contributed by atoms with Crippen molar-refractivity contribution in [2.24, 2.45) is 5.73 Å². The maximum atomic E-state index is 13.8. The quantitative estimate of drug-likeness (QED) is 0.666. The van der Waals surface area contributed by atoms with Gasteiger partial charge in [-0.05, 0) is 33.6 Å². The fourth-order valence-electron chi connectivity index (χ4n) is 1.87. The number of nitrogen functional groups attached to an aromatic ring is 1. The summed E-state index contributed by atoms with van der Waals surface area (Å²) in [4.78, 5) is 5.78. The molecule has 2 rings (SSSR count). The Morgan fingerprint density at radius 2 is 2.20 bits per heavy atom. The van der Waals surface area contributed by atoms with Crippen LogP contribution >= 0.6 is 15.9 Å². The van der Waals surface area contributed by atoms with E-state index in [0.717, 1.165) is 5.56 Å². The molecule has 20 heavy (non-hydrogen) atoms. The molecule has 1 aromatic heterocycles. The number of pyridine rings is 1. The van der Waals surface area contributed by atoms with Crippen LogP contribution in [0, 0.1) is 11.2 Å². The van der Waals surface area contributed by atoms with Crippen molar-refractivity contribution >= 4 is 27.6 Å². The molecule has 0 saturated heterocycles. The highest BCUT2D eigenvalue weighted by molar-refractivity contribution is 9.10. The van der Waals surface area contributed by atoms with Gasteiger partial charge in [-0.15, -0.1) is 0 Å². The molecule has 0 aliphatic heterocycles. The standard InChI is InChI=1S/C14H14BrFN4/c1-20(14-12(16)6-11(15)7-19-14)8-9-3-2-4-10(5-9)13(17)18/h2-7H,8H2,1H3,(H3,17,18). The van der Waals surface area contributed by atoms with Crippen LogP contribution in [0.5, 0.6) is 0 Å². The zero-order chi connectivity index (χ0) is 14.7. The summed E-state index contributed by atoms with van der Waals surface area (Å²) < 4.78 is 14.4. The van der Waals surface area contributed by atoms with Crippen molar-refractivity contribution in [1.29, 1.82) is 5.41 Å². The Morgan fingerprint density at radius 3 is 2.85 bits per heavy atom. The van der Waals surface area contributed by atoms with Gasteiger partial charge in [-0.3, -0.25) is 5.41 Å². The molecule has 0 atom stereocenters. The second-order valence-electron chi connectivity index (χ2n) is 4.43. The highest BCUT2D eigenvalue weighted by Gasteiger charge is 2.10. The van der Waals surface area contributed by atoms with E-state index in [4.69, 9.17) is 11.1 Å². The van der Waals surface area contributed by atoms with E-state index in [2.05, 4.69) is 20.9 Å². The van der Waals surface area contributed by atoms with Crippen molar-refractivity contribution in [3.63, 3.8) is 0 Å². The van der Waals surface area contributed by atoms with Gasteiger partial charge in [-0.25, -0.2) is 9.37 Å². The first-order chi connectivity index (χ1) is 9.47. The van der Waals surface area contributed by atoms with E-state index in [-0.39, 0.29) is 17.5 Å². The maximum Gasteiger partial charge on any atom is 0.166 e. The lowest BCUT2D eigenvalue weighted by Crippen LogP contribution is -2.19. The zero-order valence-electron chi connectivity index (χ0n) is 10.9. The Balaban J connectivity index is 2.21. The third kappa shape index (κ3) is 3.33. The molecule has 1 heterocycles. The summed E-state index contributed by atoms with van der Waals surface area (Å²) in [6.45, 7) is 0.479. The van der Waals surface area contributed by atoms with Gasteiger partial charge < -0.3 is 10.6 Å². The molecule has 104 valence electrons. The van der Waals surface area contributed by atoms with E-state index < -0.39 is 0 Å². The van der Waals surface area contributed by atoms with Crippen molar-refractivity contribution < 1.29 is 4.39 Å². The number of amidine groups is 1. The van der Waals surface area contributed by atoms with Gasteiger partial charge in [0, 0.05) is 29.8 Å². The minimum atomic E-state index is -0.385. The molecule has 0 unspecified atom stereocenters. The zero-order valence-corrected chi connectivity index (χ0v) is 12.5. The number of hydrogen-bond donors (Lipinski definition) is 2. The summed E-state index contributed by atoms with van der Waals surface area (Å²) in [7, 11) is 1.76. The average Bonchev–Trinajstić information content (AvgIpc) is 2.38. The summed E-state index contributed by atoms with van der Waals surface area (Å²) in [5.41, 5.74) is 7.04. The average molecular weight is 337 g/mol. The molecular weight excluding hydrogens is 323 g/mol. The number of benzene rings is 1. The van der Waals surface area contributed by atoms with Crippen LogP contribution in [-0.2, 0) is 6.54 Å². The van der Waals surface area contributed by atoms with E-state index in [1.807, 2.05) is 18.2 Å². The maximum absolute atomic E-state index is 13.8. The van der Waals surface area contributed by atoms with Gasteiger partial charge in [-0.2, -0.15) is 0 Å². The largest absolute Gasteiger partial charge is 0.384 e. The molecule has 0 fully saturated rings. The lowest BCUT2D eigenvalue weighted by atomic mass is 10.1. The van der Waals surface area contributed by atoms with Gasteiger partial charge in [0.2, 0.25) is 0 Å². The van der Waals surface area contributed by atoms with Crippen molar-refractivity contribution in [3.8, 4) is 0 Å². The predicted octanol–water partition coefficient (Wildman–Crippen LogP) is 2.90. The van der Waals surface area contributed by atoms with Crippen LogP contribution in [0.25, 0.3) is 0 Å². The number of aromatic nitrogens is 1. The molecule has 6 heteroatoms. The summed E-state index contributed by atoms with van der Waals surface area (Å²) in [6, 6.07) is 8.69. The number of rotatable bonds is 4. The monoisotopic (exact) mass is 336 g/mol. The van der Waals surface area contributed by atoms with Crippen LogP contribution in [0.1, 0.15) is 11.1 Å². The molecule has 0 spiro atoms. The number of halogens is 2. The van der Waals surface area contributed by atoms with Gasteiger partial charge in [0.25, 0.3) is 0 Å². The summed E-state index contributed by atoms with van der Waals surface area (Å²) in [6.07, 6.45) is 1.56. The molecule has 3 N–H and O–H groups in total. The van der Waals surface area contributed by atoms with Crippen LogP contribution in [0.2, 0.25) is 0 Å². The van der Waals surface area contributed by atoms with Crippen molar-refractivity contribution in [2.45, 2.75) is 6.54 Å². The molecule has 0 aliphatic carbocycles. The number of nitrogens with one attached hydrogen (secondary N) is 1. The third-order valence-corrected chi connectivity index (χ3v) is 3.24. The van der Waals surface area contributed by atoms with E-state index in [1.165, 1.54) is 6.07 Å². The molecule has 0 bridgehead atoms. The van der Waals surface area contributed by atoms with Gasteiger partial charge in [-0.1, -0.05) is 18.2 Å². The first-order valence-corrected chi connectivity index (χ1v) is 6.72. The summed E-state index contributed by atoms with van der Waals surface area (Å²) in [5.74, 6) is -0.0894.